The van der Waals surface area contributed by atoms with E-state index in [-0.39, 0.29) is 17.9 Å². The summed E-state index contributed by atoms with van der Waals surface area (Å²) in [5.41, 5.74) is 1.04. The second-order valence-corrected chi connectivity index (χ2v) is 7.08. The first-order chi connectivity index (χ1) is 14.5. The lowest BCUT2D eigenvalue weighted by Crippen LogP contribution is -2.14. The highest BCUT2D eigenvalue weighted by Crippen LogP contribution is 2.27. The number of hydrogen-bond donors (Lipinski definition) is 1. The number of nitrogens with zero attached hydrogens (tertiary/aromatic N) is 1. The summed E-state index contributed by atoms with van der Waals surface area (Å²) in [4.78, 5) is 12.5. The first kappa shape index (κ1) is 21.4. The Morgan fingerprint density at radius 2 is 1.83 bits per heavy atom. The Hall–Kier alpha value is -3.33. The molecular weight excluding hydrogens is 426 g/mol. The minimum atomic E-state index is -0.747. The van der Waals surface area contributed by atoms with Gasteiger partial charge in [-0.2, -0.15) is 5.26 Å². The first-order valence-electron chi connectivity index (χ1n) is 8.81. The third kappa shape index (κ3) is 5.60. The maximum absolute atomic E-state index is 13.8. The van der Waals surface area contributed by atoms with E-state index in [4.69, 9.17) is 27.9 Å². The van der Waals surface area contributed by atoms with Gasteiger partial charge in [0.15, 0.2) is 0 Å². The van der Waals surface area contributed by atoms with E-state index in [1.807, 2.05) is 18.2 Å². The van der Waals surface area contributed by atoms with Crippen molar-refractivity contribution in [3.63, 3.8) is 0 Å². The molecule has 7 heteroatoms. The molecule has 3 rings (SSSR count). The van der Waals surface area contributed by atoms with Crippen molar-refractivity contribution in [3.05, 3.63) is 99.3 Å². The van der Waals surface area contributed by atoms with Gasteiger partial charge >= 0.3 is 0 Å². The topological polar surface area (TPSA) is 62.1 Å². The van der Waals surface area contributed by atoms with Crippen LogP contribution in [0.5, 0.6) is 5.75 Å². The van der Waals surface area contributed by atoms with Crippen LogP contribution in [0.4, 0.5) is 10.1 Å². The summed E-state index contributed by atoms with van der Waals surface area (Å²) >= 11 is 12.1. The van der Waals surface area contributed by atoms with E-state index in [9.17, 15) is 14.4 Å². The maximum atomic E-state index is 13.8. The fourth-order valence-electron chi connectivity index (χ4n) is 2.61. The molecule has 1 N–H and O–H groups in total. The third-order valence-corrected chi connectivity index (χ3v) is 4.51. The first-order valence-corrected chi connectivity index (χ1v) is 9.56. The lowest BCUT2D eigenvalue weighted by atomic mass is 10.1. The molecule has 0 aromatic heterocycles. The molecule has 0 aliphatic carbocycles. The van der Waals surface area contributed by atoms with Crippen LogP contribution in [-0.4, -0.2) is 5.91 Å². The highest BCUT2D eigenvalue weighted by atomic mass is 35.5. The fourth-order valence-corrected chi connectivity index (χ4v) is 3.00. The van der Waals surface area contributed by atoms with Crippen molar-refractivity contribution in [2.24, 2.45) is 0 Å². The molecule has 0 saturated carbocycles. The second-order valence-electron chi connectivity index (χ2n) is 6.20. The Kier molecular flexibility index (Phi) is 7.08. The standard InChI is InChI=1S/C23H15Cl2FN2O2/c24-18-5-3-4-15(10-18)14-30-22-9-8-19(25)12-16(22)11-17(13-27)23(29)28-21-7-2-1-6-20(21)26/h1-12H,14H2,(H,28,29)/b17-11+. The average molecular weight is 441 g/mol. The van der Waals surface area contributed by atoms with Crippen molar-refractivity contribution in [2.45, 2.75) is 6.61 Å². The third-order valence-electron chi connectivity index (χ3n) is 4.04. The Labute approximate surface area is 183 Å². The van der Waals surface area contributed by atoms with Crippen LogP contribution >= 0.6 is 23.2 Å². The Balaban J connectivity index is 1.84. The molecule has 1 amide bonds. The Morgan fingerprint density at radius 1 is 1.07 bits per heavy atom. The number of rotatable bonds is 6. The quantitative estimate of drug-likeness (QED) is 0.363. The van der Waals surface area contributed by atoms with Crippen LogP contribution in [0.3, 0.4) is 0 Å². The monoisotopic (exact) mass is 440 g/mol. The molecule has 150 valence electrons. The van der Waals surface area contributed by atoms with E-state index in [2.05, 4.69) is 5.32 Å². The predicted octanol–water partition coefficient (Wildman–Crippen LogP) is 6.26. The van der Waals surface area contributed by atoms with Gasteiger partial charge in [0.25, 0.3) is 5.91 Å². The zero-order valence-corrected chi connectivity index (χ0v) is 17.0. The molecule has 0 aliphatic rings. The molecular formula is C23H15Cl2FN2O2. The zero-order chi connectivity index (χ0) is 21.5. The average Bonchev–Trinajstić information content (AvgIpc) is 2.73. The van der Waals surface area contributed by atoms with E-state index >= 15 is 0 Å². The highest BCUT2D eigenvalue weighted by molar-refractivity contribution is 6.31. The van der Waals surface area contributed by atoms with Crippen molar-refractivity contribution >= 4 is 40.9 Å². The zero-order valence-electron chi connectivity index (χ0n) is 15.5. The highest BCUT2D eigenvalue weighted by Gasteiger charge is 2.14. The smallest absolute Gasteiger partial charge is 0.266 e. The Bertz CT molecular complexity index is 1160. The number of para-hydroxylation sites is 1. The largest absolute Gasteiger partial charge is 0.488 e. The summed E-state index contributed by atoms with van der Waals surface area (Å²) in [6.45, 7) is 0.229. The van der Waals surface area contributed by atoms with Crippen molar-refractivity contribution < 1.29 is 13.9 Å². The normalized spacial score (nSPS) is 10.9. The van der Waals surface area contributed by atoms with Crippen LogP contribution in [0, 0.1) is 17.1 Å². The van der Waals surface area contributed by atoms with Gasteiger partial charge in [0.05, 0.1) is 5.69 Å². The molecule has 0 bridgehead atoms. The summed E-state index contributed by atoms with van der Waals surface area (Å²) in [5.74, 6) is -0.925. The number of halogens is 3. The van der Waals surface area contributed by atoms with E-state index in [0.717, 1.165) is 5.56 Å². The molecule has 0 unspecified atom stereocenters. The Morgan fingerprint density at radius 3 is 2.57 bits per heavy atom. The number of ether oxygens (including phenoxy) is 1. The minimum Gasteiger partial charge on any atom is -0.488 e. The molecule has 0 fully saturated rings. The minimum absolute atomic E-state index is 0.0211. The van der Waals surface area contributed by atoms with Crippen molar-refractivity contribution in [3.8, 4) is 11.8 Å². The summed E-state index contributed by atoms with van der Waals surface area (Å²) in [5, 5.41) is 12.8. The van der Waals surface area contributed by atoms with Gasteiger partial charge in [0.1, 0.15) is 29.8 Å². The van der Waals surface area contributed by atoms with Crippen LogP contribution in [-0.2, 0) is 11.4 Å². The van der Waals surface area contributed by atoms with Gasteiger partial charge in [-0.15, -0.1) is 0 Å². The van der Waals surface area contributed by atoms with Crippen LogP contribution in [0.2, 0.25) is 10.0 Å². The number of hydrogen-bond acceptors (Lipinski definition) is 3. The number of nitriles is 1. The van der Waals surface area contributed by atoms with Gasteiger partial charge in [-0.05, 0) is 54.1 Å². The van der Waals surface area contributed by atoms with Gasteiger partial charge in [-0.25, -0.2) is 4.39 Å². The van der Waals surface area contributed by atoms with E-state index < -0.39 is 11.7 Å². The SMILES string of the molecule is N#C/C(=C\c1cc(Cl)ccc1OCc1cccc(Cl)c1)C(=O)Nc1ccccc1F. The number of carbonyl (C=O) groups is 1. The van der Waals surface area contributed by atoms with Gasteiger partial charge in [0, 0.05) is 15.6 Å². The number of carbonyl (C=O) groups excluding carboxylic acids is 1. The molecule has 0 heterocycles. The van der Waals surface area contributed by atoms with E-state index in [1.54, 1.807) is 36.4 Å². The van der Waals surface area contributed by atoms with Crippen molar-refractivity contribution in [2.75, 3.05) is 5.32 Å². The van der Waals surface area contributed by atoms with Gasteiger partial charge in [-0.1, -0.05) is 47.5 Å². The predicted molar refractivity (Wildman–Crippen MR) is 116 cm³/mol. The van der Waals surface area contributed by atoms with E-state index in [1.165, 1.54) is 24.3 Å². The van der Waals surface area contributed by atoms with Crippen molar-refractivity contribution in [1.29, 1.82) is 5.26 Å². The molecule has 0 aliphatic heterocycles. The second kappa shape index (κ2) is 9.93. The van der Waals surface area contributed by atoms with Crippen LogP contribution in [0.1, 0.15) is 11.1 Å². The number of benzene rings is 3. The molecule has 0 spiro atoms. The summed E-state index contributed by atoms with van der Waals surface area (Å²) in [6.07, 6.45) is 1.34. The van der Waals surface area contributed by atoms with Crippen LogP contribution < -0.4 is 10.1 Å². The number of nitrogens with one attached hydrogen (secondary N) is 1. The maximum Gasteiger partial charge on any atom is 0.266 e. The summed E-state index contributed by atoms with van der Waals surface area (Å²) in [6, 6.07) is 19.6. The van der Waals surface area contributed by atoms with E-state index in [0.29, 0.717) is 21.4 Å². The number of amides is 1. The van der Waals surface area contributed by atoms with Crippen LogP contribution in [0.15, 0.2) is 72.3 Å². The molecule has 3 aromatic rings. The van der Waals surface area contributed by atoms with Gasteiger partial charge in [-0.3, -0.25) is 4.79 Å². The number of anilines is 1. The molecule has 0 saturated heterocycles. The fraction of sp³-hybridized carbons (Fsp3) is 0.0435. The molecule has 3 aromatic carbocycles. The molecule has 0 atom stereocenters. The molecule has 4 nitrogen and oxygen atoms in total. The lowest BCUT2D eigenvalue weighted by molar-refractivity contribution is -0.112. The summed E-state index contributed by atoms with van der Waals surface area (Å²) in [7, 11) is 0. The van der Waals surface area contributed by atoms with Crippen LogP contribution in [0.25, 0.3) is 6.08 Å². The van der Waals surface area contributed by atoms with Gasteiger partial charge < -0.3 is 10.1 Å². The molecule has 0 radical (unpaired) electrons. The summed E-state index contributed by atoms with van der Waals surface area (Å²) < 4.78 is 19.6. The lowest BCUT2D eigenvalue weighted by Gasteiger charge is -2.11. The van der Waals surface area contributed by atoms with Crippen molar-refractivity contribution in [1.82, 2.24) is 0 Å². The molecule has 30 heavy (non-hydrogen) atoms. The van der Waals surface area contributed by atoms with Gasteiger partial charge in [0.2, 0.25) is 0 Å².